The molecular weight excluding hydrogens is 293 g/mol. The van der Waals surface area contributed by atoms with Crippen LogP contribution in [-0.4, -0.2) is 12.5 Å². The molecule has 2 aromatic rings. The van der Waals surface area contributed by atoms with Gasteiger partial charge >= 0.3 is 0 Å². The van der Waals surface area contributed by atoms with Gasteiger partial charge in [0, 0.05) is 13.0 Å². The van der Waals surface area contributed by atoms with Crippen LogP contribution in [0.3, 0.4) is 0 Å². The van der Waals surface area contributed by atoms with Gasteiger partial charge < -0.3 is 10.1 Å². The largest absolute Gasteiger partial charge is 0.493 e. The van der Waals surface area contributed by atoms with Gasteiger partial charge in [0.1, 0.15) is 11.6 Å². The summed E-state index contributed by atoms with van der Waals surface area (Å²) in [6, 6.07) is 12.8. The minimum Gasteiger partial charge on any atom is -0.493 e. The van der Waals surface area contributed by atoms with Crippen molar-refractivity contribution in [3.8, 4) is 5.75 Å². The summed E-state index contributed by atoms with van der Waals surface area (Å²) in [6.07, 6.45) is 1.03. The molecule has 4 heteroatoms. The lowest BCUT2D eigenvalue weighted by Crippen LogP contribution is -2.23. The van der Waals surface area contributed by atoms with Gasteiger partial charge in [0.25, 0.3) is 0 Å². The smallest absolute Gasteiger partial charge is 0.220 e. The standard InChI is InChI=1S/C19H22FNO2/c1-14-9-10-16(12-17(14)20)13-21-19(22)8-5-11-23-18-7-4-3-6-15(18)2/h3-4,6-7,9-10,12H,5,8,11,13H2,1-2H3,(H,21,22). The van der Waals surface area contributed by atoms with Crippen LogP contribution < -0.4 is 10.1 Å². The maximum atomic E-state index is 13.4. The molecule has 0 heterocycles. The molecule has 23 heavy (non-hydrogen) atoms. The highest BCUT2D eigenvalue weighted by atomic mass is 19.1. The maximum absolute atomic E-state index is 13.4. The number of nitrogens with one attached hydrogen (secondary N) is 1. The number of amides is 1. The van der Waals surface area contributed by atoms with Gasteiger partial charge in [-0.15, -0.1) is 0 Å². The molecule has 0 fully saturated rings. The molecule has 0 aliphatic rings. The van der Waals surface area contributed by atoms with Gasteiger partial charge in [-0.25, -0.2) is 4.39 Å². The first kappa shape index (κ1) is 17.0. The SMILES string of the molecule is Cc1ccc(CNC(=O)CCCOc2ccccc2C)cc1F. The third-order valence-corrected chi connectivity index (χ3v) is 3.63. The lowest BCUT2D eigenvalue weighted by Gasteiger charge is -2.09. The Balaban J connectivity index is 1.67. The number of rotatable bonds is 7. The van der Waals surface area contributed by atoms with Crippen LogP contribution in [0.5, 0.6) is 5.75 Å². The number of carbonyl (C=O) groups is 1. The van der Waals surface area contributed by atoms with Crippen LogP contribution in [0.4, 0.5) is 4.39 Å². The van der Waals surface area contributed by atoms with E-state index < -0.39 is 0 Å². The fourth-order valence-corrected chi connectivity index (χ4v) is 2.17. The second-order valence-electron chi connectivity index (χ2n) is 5.58. The summed E-state index contributed by atoms with van der Waals surface area (Å²) in [5, 5.41) is 2.79. The molecule has 1 N–H and O–H groups in total. The molecule has 0 aliphatic carbocycles. The third kappa shape index (κ3) is 5.40. The minimum atomic E-state index is -0.247. The number of hydrogen-bond acceptors (Lipinski definition) is 2. The number of halogens is 1. The Hall–Kier alpha value is -2.36. The predicted octanol–water partition coefficient (Wildman–Crippen LogP) is 3.92. The molecule has 2 rings (SSSR count). The Morgan fingerprint density at radius 1 is 1.13 bits per heavy atom. The summed E-state index contributed by atoms with van der Waals surface area (Å²) >= 11 is 0. The predicted molar refractivity (Wildman–Crippen MR) is 88.9 cm³/mol. The third-order valence-electron chi connectivity index (χ3n) is 3.63. The quantitative estimate of drug-likeness (QED) is 0.787. The van der Waals surface area contributed by atoms with Crippen LogP contribution in [-0.2, 0) is 11.3 Å². The van der Waals surface area contributed by atoms with Crippen molar-refractivity contribution in [1.82, 2.24) is 5.32 Å². The number of aryl methyl sites for hydroxylation is 2. The van der Waals surface area contributed by atoms with E-state index in [1.54, 1.807) is 13.0 Å². The molecule has 0 spiro atoms. The van der Waals surface area contributed by atoms with E-state index >= 15 is 0 Å². The Morgan fingerprint density at radius 3 is 2.65 bits per heavy atom. The van der Waals surface area contributed by atoms with Gasteiger partial charge in [0.2, 0.25) is 5.91 Å². The molecule has 2 aromatic carbocycles. The molecule has 0 saturated heterocycles. The Morgan fingerprint density at radius 2 is 1.91 bits per heavy atom. The van der Waals surface area contributed by atoms with Crippen molar-refractivity contribution >= 4 is 5.91 Å². The van der Waals surface area contributed by atoms with E-state index in [4.69, 9.17) is 4.74 Å². The molecule has 0 aliphatic heterocycles. The summed E-state index contributed by atoms with van der Waals surface area (Å²) in [6.45, 7) is 4.54. The van der Waals surface area contributed by atoms with Crippen LogP contribution in [0, 0.1) is 19.7 Å². The van der Waals surface area contributed by atoms with E-state index in [-0.39, 0.29) is 11.7 Å². The lowest BCUT2D eigenvalue weighted by molar-refractivity contribution is -0.121. The van der Waals surface area contributed by atoms with Gasteiger partial charge in [0.15, 0.2) is 0 Å². The minimum absolute atomic E-state index is 0.0561. The van der Waals surface area contributed by atoms with E-state index in [0.717, 1.165) is 16.9 Å². The number of ether oxygens (including phenoxy) is 1. The Kier molecular flexibility index (Phi) is 6.15. The van der Waals surface area contributed by atoms with Crippen LogP contribution >= 0.6 is 0 Å². The van der Waals surface area contributed by atoms with Crippen molar-refractivity contribution < 1.29 is 13.9 Å². The number of carbonyl (C=O) groups excluding carboxylic acids is 1. The van der Waals surface area contributed by atoms with Gasteiger partial charge in [-0.1, -0.05) is 30.3 Å². The van der Waals surface area contributed by atoms with Crippen LogP contribution in [0.1, 0.15) is 29.5 Å². The second kappa shape index (κ2) is 8.32. The van der Waals surface area contributed by atoms with E-state index in [1.807, 2.05) is 37.3 Å². The van der Waals surface area contributed by atoms with Crippen LogP contribution in [0.15, 0.2) is 42.5 Å². The van der Waals surface area contributed by atoms with Crippen molar-refractivity contribution in [3.63, 3.8) is 0 Å². The van der Waals surface area contributed by atoms with Crippen molar-refractivity contribution in [1.29, 1.82) is 0 Å². The zero-order chi connectivity index (χ0) is 16.7. The highest BCUT2D eigenvalue weighted by Crippen LogP contribution is 2.16. The molecule has 122 valence electrons. The highest BCUT2D eigenvalue weighted by molar-refractivity contribution is 5.75. The number of hydrogen-bond donors (Lipinski definition) is 1. The molecular formula is C19H22FNO2. The summed E-state index contributed by atoms with van der Waals surface area (Å²) in [5.41, 5.74) is 2.45. The first-order chi connectivity index (χ1) is 11.1. The monoisotopic (exact) mass is 315 g/mol. The molecule has 0 unspecified atom stereocenters. The first-order valence-corrected chi connectivity index (χ1v) is 7.76. The van der Waals surface area contributed by atoms with E-state index in [0.29, 0.717) is 31.6 Å². The Labute approximate surface area is 136 Å². The normalized spacial score (nSPS) is 10.4. The lowest BCUT2D eigenvalue weighted by atomic mass is 10.1. The van der Waals surface area contributed by atoms with Crippen molar-refractivity contribution in [2.45, 2.75) is 33.2 Å². The summed E-state index contributed by atoms with van der Waals surface area (Å²) in [4.78, 5) is 11.8. The topological polar surface area (TPSA) is 38.3 Å². The van der Waals surface area contributed by atoms with Gasteiger partial charge in [-0.05, 0) is 49.1 Å². The molecule has 0 bridgehead atoms. The van der Waals surface area contributed by atoms with Crippen LogP contribution in [0.2, 0.25) is 0 Å². The van der Waals surface area contributed by atoms with Gasteiger partial charge in [0.05, 0.1) is 6.61 Å². The average molecular weight is 315 g/mol. The highest BCUT2D eigenvalue weighted by Gasteiger charge is 2.04. The van der Waals surface area contributed by atoms with E-state index in [1.165, 1.54) is 6.07 Å². The van der Waals surface area contributed by atoms with Gasteiger partial charge in [-0.2, -0.15) is 0 Å². The fourth-order valence-electron chi connectivity index (χ4n) is 2.17. The summed E-state index contributed by atoms with van der Waals surface area (Å²) in [7, 11) is 0. The zero-order valence-electron chi connectivity index (χ0n) is 13.6. The number of para-hydroxylation sites is 1. The average Bonchev–Trinajstić information content (AvgIpc) is 2.54. The van der Waals surface area contributed by atoms with Crippen molar-refractivity contribution in [2.75, 3.05) is 6.61 Å². The van der Waals surface area contributed by atoms with Crippen molar-refractivity contribution in [3.05, 3.63) is 65.0 Å². The van der Waals surface area contributed by atoms with E-state index in [2.05, 4.69) is 5.32 Å². The first-order valence-electron chi connectivity index (χ1n) is 7.76. The molecule has 1 amide bonds. The van der Waals surface area contributed by atoms with Crippen LogP contribution in [0.25, 0.3) is 0 Å². The second-order valence-corrected chi connectivity index (χ2v) is 5.58. The molecule has 0 atom stereocenters. The maximum Gasteiger partial charge on any atom is 0.220 e. The van der Waals surface area contributed by atoms with Crippen molar-refractivity contribution in [2.24, 2.45) is 0 Å². The van der Waals surface area contributed by atoms with Gasteiger partial charge in [-0.3, -0.25) is 4.79 Å². The summed E-state index contributed by atoms with van der Waals surface area (Å²) in [5.74, 6) is 0.547. The van der Waals surface area contributed by atoms with E-state index in [9.17, 15) is 9.18 Å². The molecule has 0 radical (unpaired) electrons. The fraction of sp³-hybridized carbons (Fsp3) is 0.316. The molecule has 0 saturated carbocycles. The Bertz CT molecular complexity index is 670. The molecule has 0 aromatic heterocycles. The molecule has 3 nitrogen and oxygen atoms in total. The number of benzene rings is 2. The zero-order valence-corrected chi connectivity index (χ0v) is 13.6. The summed E-state index contributed by atoms with van der Waals surface area (Å²) < 4.78 is 19.1.